The van der Waals surface area contributed by atoms with Crippen LogP contribution < -0.4 is 10.3 Å². The predicted molar refractivity (Wildman–Crippen MR) is 103 cm³/mol. The number of fused-ring (bicyclic) bond motifs is 1. The Balaban J connectivity index is 1.63. The maximum Gasteiger partial charge on any atom is 0.251 e. The molecule has 1 aromatic heterocycles. The Hall–Kier alpha value is -2.80. The molecule has 6 nitrogen and oxygen atoms in total. The molecule has 1 amide bonds. The molecule has 7 heteroatoms. The van der Waals surface area contributed by atoms with Crippen molar-refractivity contribution in [1.29, 1.82) is 0 Å². The van der Waals surface area contributed by atoms with Gasteiger partial charge in [0, 0.05) is 25.9 Å². The first kappa shape index (κ1) is 18.0. The van der Waals surface area contributed by atoms with E-state index in [0.29, 0.717) is 11.7 Å². The molecule has 0 saturated heterocycles. The zero-order chi connectivity index (χ0) is 18.5. The molecule has 1 heterocycles. The second kappa shape index (κ2) is 8.05. The summed E-state index contributed by atoms with van der Waals surface area (Å²) < 4.78 is 5.24. The third-order valence-corrected chi connectivity index (χ3v) is 4.81. The molecule has 26 heavy (non-hydrogen) atoms. The zero-order valence-electron chi connectivity index (χ0n) is 14.6. The molecule has 3 aromatic rings. The number of H-pyrrole nitrogens is 1. The van der Waals surface area contributed by atoms with Crippen LogP contribution in [0.25, 0.3) is 10.8 Å². The molecule has 0 fully saturated rings. The monoisotopic (exact) mass is 369 g/mol. The highest BCUT2D eigenvalue weighted by Gasteiger charge is 2.11. The molecule has 0 atom stereocenters. The SMILES string of the molecule is COc1ccc2cc(CN(C)C(=O)CSc3nccc(=O)[nH]3)ccc2c1. The van der Waals surface area contributed by atoms with Crippen LogP contribution in [0.15, 0.2) is 58.6 Å². The van der Waals surface area contributed by atoms with Crippen LogP contribution >= 0.6 is 11.8 Å². The number of ether oxygens (including phenoxy) is 1. The molecular weight excluding hydrogens is 350 g/mol. The molecule has 1 N–H and O–H groups in total. The molecule has 0 aliphatic heterocycles. The van der Waals surface area contributed by atoms with Gasteiger partial charge < -0.3 is 14.6 Å². The van der Waals surface area contributed by atoms with Gasteiger partial charge in [0.25, 0.3) is 5.56 Å². The summed E-state index contributed by atoms with van der Waals surface area (Å²) in [7, 11) is 3.41. The summed E-state index contributed by atoms with van der Waals surface area (Å²) in [5.74, 6) is 1.01. The number of aromatic nitrogens is 2. The van der Waals surface area contributed by atoms with E-state index < -0.39 is 0 Å². The van der Waals surface area contributed by atoms with Crippen molar-refractivity contribution in [1.82, 2.24) is 14.9 Å². The second-order valence-corrected chi connectivity index (χ2v) is 6.79. The second-order valence-electron chi connectivity index (χ2n) is 5.83. The number of amides is 1. The van der Waals surface area contributed by atoms with Gasteiger partial charge in [0.2, 0.25) is 5.91 Å². The van der Waals surface area contributed by atoms with E-state index in [1.807, 2.05) is 30.3 Å². The molecule has 134 valence electrons. The average molecular weight is 369 g/mol. The van der Waals surface area contributed by atoms with E-state index >= 15 is 0 Å². The van der Waals surface area contributed by atoms with Gasteiger partial charge in [0.1, 0.15) is 5.75 Å². The molecule has 2 aromatic carbocycles. The largest absolute Gasteiger partial charge is 0.497 e. The van der Waals surface area contributed by atoms with Gasteiger partial charge in [-0.1, -0.05) is 30.0 Å². The fourth-order valence-corrected chi connectivity index (χ4v) is 3.32. The van der Waals surface area contributed by atoms with Crippen molar-refractivity contribution in [2.75, 3.05) is 19.9 Å². The van der Waals surface area contributed by atoms with Crippen LogP contribution in [0.3, 0.4) is 0 Å². The minimum absolute atomic E-state index is 0.0312. The zero-order valence-corrected chi connectivity index (χ0v) is 15.4. The summed E-state index contributed by atoms with van der Waals surface area (Å²) >= 11 is 1.22. The van der Waals surface area contributed by atoms with Crippen LogP contribution in [-0.4, -0.2) is 40.7 Å². The van der Waals surface area contributed by atoms with Crippen LogP contribution in [0.5, 0.6) is 5.75 Å². The standard InChI is InChI=1S/C19H19N3O3S/c1-22(18(24)12-26-19-20-8-7-17(23)21-19)11-13-3-4-15-10-16(25-2)6-5-14(15)9-13/h3-10H,11-12H2,1-2H3,(H,20,21,23). The Morgan fingerprint density at radius 2 is 1.96 bits per heavy atom. The first-order valence-corrected chi connectivity index (χ1v) is 9.02. The predicted octanol–water partition coefficient (Wildman–Crippen LogP) is 2.68. The van der Waals surface area contributed by atoms with E-state index in [2.05, 4.69) is 16.0 Å². The molecule has 0 spiro atoms. The topological polar surface area (TPSA) is 75.3 Å². The summed E-state index contributed by atoms with van der Waals surface area (Å²) in [5.41, 5.74) is 0.825. The van der Waals surface area contributed by atoms with Crippen molar-refractivity contribution >= 4 is 28.4 Å². The quantitative estimate of drug-likeness (QED) is 0.534. The van der Waals surface area contributed by atoms with Crippen molar-refractivity contribution in [2.45, 2.75) is 11.7 Å². The number of benzene rings is 2. The highest BCUT2D eigenvalue weighted by atomic mass is 32.2. The lowest BCUT2D eigenvalue weighted by molar-refractivity contribution is -0.127. The minimum Gasteiger partial charge on any atom is -0.497 e. The summed E-state index contributed by atoms with van der Waals surface area (Å²) in [5, 5.41) is 2.64. The maximum absolute atomic E-state index is 12.3. The normalized spacial score (nSPS) is 10.7. The number of nitrogens with one attached hydrogen (secondary N) is 1. The van der Waals surface area contributed by atoms with Gasteiger partial charge in [-0.05, 0) is 34.5 Å². The summed E-state index contributed by atoms with van der Waals surface area (Å²) in [6, 6.07) is 13.4. The number of carbonyl (C=O) groups is 1. The van der Waals surface area contributed by atoms with Crippen LogP contribution in [0.4, 0.5) is 0 Å². The number of rotatable bonds is 6. The van der Waals surface area contributed by atoms with Gasteiger partial charge in [0.05, 0.1) is 12.9 Å². The van der Waals surface area contributed by atoms with E-state index in [0.717, 1.165) is 22.1 Å². The van der Waals surface area contributed by atoms with Crippen molar-refractivity contribution in [3.8, 4) is 5.75 Å². The Kier molecular flexibility index (Phi) is 5.58. The van der Waals surface area contributed by atoms with Crippen molar-refractivity contribution < 1.29 is 9.53 Å². The van der Waals surface area contributed by atoms with Crippen LogP contribution in [0, 0.1) is 0 Å². The smallest absolute Gasteiger partial charge is 0.251 e. The number of carbonyl (C=O) groups excluding carboxylic acids is 1. The van der Waals surface area contributed by atoms with Gasteiger partial charge in [-0.3, -0.25) is 9.59 Å². The molecule has 0 unspecified atom stereocenters. The van der Waals surface area contributed by atoms with E-state index in [1.54, 1.807) is 19.1 Å². The lowest BCUT2D eigenvalue weighted by Crippen LogP contribution is -2.28. The van der Waals surface area contributed by atoms with Gasteiger partial charge in [-0.15, -0.1) is 0 Å². The Morgan fingerprint density at radius 1 is 1.19 bits per heavy atom. The van der Waals surface area contributed by atoms with Gasteiger partial charge in [-0.25, -0.2) is 4.98 Å². The van der Waals surface area contributed by atoms with Crippen molar-refractivity contribution in [3.63, 3.8) is 0 Å². The fourth-order valence-electron chi connectivity index (χ4n) is 2.53. The summed E-state index contributed by atoms with van der Waals surface area (Å²) in [6.07, 6.45) is 1.43. The van der Waals surface area contributed by atoms with Crippen molar-refractivity contribution in [3.05, 3.63) is 64.6 Å². The number of hydrogen-bond acceptors (Lipinski definition) is 5. The van der Waals surface area contributed by atoms with Crippen LogP contribution in [-0.2, 0) is 11.3 Å². The highest BCUT2D eigenvalue weighted by molar-refractivity contribution is 7.99. The van der Waals surface area contributed by atoms with Gasteiger partial charge in [-0.2, -0.15) is 0 Å². The maximum atomic E-state index is 12.3. The number of hydrogen-bond donors (Lipinski definition) is 1. The minimum atomic E-state index is -0.226. The highest BCUT2D eigenvalue weighted by Crippen LogP contribution is 2.22. The van der Waals surface area contributed by atoms with Crippen molar-refractivity contribution in [2.24, 2.45) is 0 Å². The molecule has 0 saturated carbocycles. The third-order valence-electron chi connectivity index (χ3n) is 3.94. The Labute approximate surface area is 155 Å². The molecule has 0 aliphatic rings. The first-order chi connectivity index (χ1) is 12.5. The van der Waals surface area contributed by atoms with E-state index in [1.165, 1.54) is 24.0 Å². The van der Waals surface area contributed by atoms with Crippen LogP contribution in [0.1, 0.15) is 5.56 Å². The van der Waals surface area contributed by atoms with E-state index in [4.69, 9.17) is 4.74 Å². The number of thioether (sulfide) groups is 1. The van der Waals surface area contributed by atoms with Crippen LogP contribution in [0.2, 0.25) is 0 Å². The van der Waals surface area contributed by atoms with Gasteiger partial charge >= 0.3 is 0 Å². The Bertz CT molecular complexity index is 987. The number of methoxy groups -OCH3 is 1. The first-order valence-electron chi connectivity index (χ1n) is 8.04. The number of nitrogens with zero attached hydrogens (tertiary/aromatic N) is 2. The molecule has 0 aliphatic carbocycles. The summed E-state index contributed by atoms with van der Waals surface area (Å²) in [4.78, 5) is 31.9. The Morgan fingerprint density at radius 3 is 2.73 bits per heavy atom. The fraction of sp³-hybridized carbons (Fsp3) is 0.211. The number of aromatic amines is 1. The summed E-state index contributed by atoms with van der Waals surface area (Å²) in [6.45, 7) is 0.514. The molecular formula is C19H19N3O3S. The van der Waals surface area contributed by atoms with E-state index in [-0.39, 0.29) is 17.2 Å². The third kappa shape index (κ3) is 4.43. The lowest BCUT2D eigenvalue weighted by Gasteiger charge is -2.17. The van der Waals surface area contributed by atoms with Gasteiger partial charge in [0.15, 0.2) is 5.16 Å². The van der Waals surface area contributed by atoms with E-state index in [9.17, 15) is 9.59 Å². The molecule has 3 rings (SSSR count). The lowest BCUT2D eigenvalue weighted by atomic mass is 10.1. The molecule has 0 bridgehead atoms. The molecule has 0 radical (unpaired) electrons. The average Bonchev–Trinajstić information content (AvgIpc) is 2.65.